The quantitative estimate of drug-likeness (QED) is 0.663. The van der Waals surface area contributed by atoms with Crippen LogP contribution in [-0.2, 0) is 0 Å². The van der Waals surface area contributed by atoms with E-state index in [4.69, 9.17) is 4.74 Å². The van der Waals surface area contributed by atoms with Crippen LogP contribution in [0.3, 0.4) is 0 Å². The van der Waals surface area contributed by atoms with E-state index in [1.807, 2.05) is 18.2 Å². The van der Waals surface area contributed by atoms with E-state index in [1.54, 1.807) is 19.9 Å². The smallest absolute Gasteiger partial charge is 0.258 e. The van der Waals surface area contributed by atoms with Crippen LogP contribution in [-0.4, -0.2) is 26.9 Å². The molecule has 3 rings (SSSR count). The van der Waals surface area contributed by atoms with Crippen LogP contribution in [0.25, 0.3) is 10.9 Å². The lowest BCUT2D eigenvalue weighted by Crippen LogP contribution is -2.50. The van der Waals surface area contributed by atoms with Gasteiger partial charge in [-0.1, -0.05) is 12.1 Å². The van der Waals surface area contributed by atoms with Crippen LogP contribution in [0.2, 0.25) is 0 Å². The van der Waals surface area contributed by atoms with Crippen molar-refractivity contribution in [2.75, 3.05) is 0 Å². The van der Waals surface area contributed by atoms with Crippen molar-refractivity contribution in [2.24, 2.45) is 0 Å². The molecule has 100 valence electrons. The second-order valence-corrected chi connectivity index (χ2v) is 5.34. The Labute approximate surface area is 109 Å². The fraction of sp³-hybridized carbons (Fsp3) is 0.357. The van der Waals surface area contributed by atoms with Crippen molar-refractivity contribution in [3.05, 3.63) is 40.2 Å². The van der Waals surface area contributed by atoms with Gasteiger partial charge in [-0.15, -0.1) is 0 Å². The van der Waals surface area contributed by atoms with Crippen molar-refractivity contribution >= 4 is 10.9 Å². The highest BCUT2D eigenvalue weighted by Gasteiger charge is 2.44. The van der Waals surface area contributed by atoms with Gasteiger partial charge < -0.3 is 19.9 Å². The van der Waals surface area contributed by atoms with E-state index in [9.17, 15) is 15.0 Å². The number of nitrogens with one attached hydrogen (secondary N) is 1. The van der Waals surface area contributed by atoms with E-state index in [-0.39, 0.29) is 5.56 Å². The Morgan fingerprint density at radius 2 is 1.95 bits per heavy atom. The molecule has 1 aliphatic rings. The van der Waals surface area contributed by atoms with Crippen LogP contribution in [0.5, 0.6) is 5.75 Å². The number of benzene rings is 1. The molecule has 0 fully saturated rings. The standard InChI is InChI=1S/C14H15NO4/c1-14(2)12(17)10(16)9-11(19-14)7-5-3-4-6-8(7)15-13(9)18/h3-6,10,12,16-17H,1-2H3,(H,15,18)/t10-,12-/m1/s1. The SMILES string of the molecule is CC1(C)Oc2c(c(=O)[nH]c3ccccc23)[C@@H](O)[C@H]1O. The zero-order valence-corrected chi connectivity index (χ0v) is 10.7. The highest BCUT2D eigenvalue weighted by atomic mass is 16.5. The van der Waals surface area contributed by atoms with Gasteiger partial charge in [-0.05, 0) is 26.0 Å². The van der Waals surface area contributed by atoms with Gasteiger partial charge >= 0.3 is 0 Å². The lowest BCUT2D eigenvalue weighted by Gasteiger charge is -2.39. The second-order valence-electron chi connectivity index (χ2n) is 5.34. The number of aliphatic hydroxyl groups is 2. The minimum absolute atomic E-state index is 0.0884. The molecule has 2 heterocycles. The summed E-state index contributed by atoms with van der Waals surface area (Å²) in [6.07, 6.45) is -2.41. The molecule has 0 saturated heterocycles. The number of rotatable bonds is 0. The third-order valence-corrected chi connectivity index (χ3v) is 3.58. The lowest BCUT2D eigenvalue weighted by molar-refractivity contribution is -0.111. The number of aliphatic hydroxyl groups excluding tert-OH is 2. The fourth-order valence-corrected chi connectivity index (χ4v) is 2.47. The van der Waals surface area contributed by atoms with Gasteiger partial charge in [0.25, 0.3) is 5.56 Å². The van der Waals surface area contributed by atoms with Crippen molar-refractivity contribution in [3.8, 4) is 5.75 Å². The largest absolute Gasteiger partial charge is 0.484 e. The number of ether oxygens (including phenoxy) is 1. The number of pyridine rings is 1. The number of hydrogen-bond donors (Lipinski definition) is 3. The second kappa shape index (κ2) is 3.82. The number of hydrogen-bond acceptors (Lipinski definition) is 4. The minimum atomic E-state index is -1.26. The van der Waals surface area contributed by atoms with Gasteiger partial charge in [0.05, 0.1) is 11.1 Å². The van der Waals surface area contributed by atoms with Crippen molar-refractivity contribution in [3.63, 3.8) is 0 Å². The van der Waals surface area contributed by atoms with E-state index in [0.29, 0.717) is 11.3 Å². The molecule has 5 nitrogen and oxygen atoms in total. The molecule has 1 aliphatic heterocycles. The van der Waals surface area contributed by atoms with Crippen LogP contribution in [0.4, 0.5) is 0 Å². The van der Waals surface area contributed by atoms with E-state index >= 15 is 0 Å². The summed E-state index contributed by atoms with van der Waals surface area (Å²) in [6.45, 7) is 3.36. The van der Waals surface area contributed by atoms with Crippen molar-refractivity contribution in [1.82, 2.24) is 4.98 Å². The van der Waals surface area contributed by atoms with Crippen LogP contribution in [0.1, 0.15) is 25.5 Å². The molecule has 0 unspecified atom stereocenters. The normalized spacial score (nSPS) is 24.8. The Kier molecular flexibility index (Phi) is 2.45. The average Bonchev–Trinajstić information content (AvgIpc) is 2.35. The maximum absolute atomic E-state index is 12.0. The van der Waals surface area contributed by atoms with Crippen LogP contribution in [0.15, 0.2) is 29.1 Å². The highest BCUT2D eigenvalue weighted by molar-refractivity contribution is 5.86. The minimum Gasteiger partial charge on any atom is -0.484 e. The number of para-hydroxylation sites is 1. The molecule has 3 N–H and O–H groups in total. The Morgan fingerprint density at radius 3 is 2.68 bits per heavy atom. The van der Waals surface area contributed by atoms with Crippen LogP contribution < -0.4 is 10.3 Å². The first-order chi connectivity index (χ1) is 8.92. The average molecular weight is 261 g/mol. The molecule has 0 bridgehead atoms. The first-order valence-electron chi connectivity index (χ1n) is 6.12. The van der Waals surface area contributed by atoms with Crippen LogP contribution >= 0.6 is 0 Å². The van der Waals surface area contributed by atoms with E-state index in [0.717, 1.165) is 5.39 Å². The third-order valence-electron chi connectivity index (χ3n) is 3.58. The molecule has 2 aromatic rings. The molecule has 1 aromatic heterocycles. The summed E-state index contributed by atoms with van der Waals surface area (Å²) in [4.78, 5) is 14.7. The number of fused-ring (bicyclic) bond motifs is 3. The molecular weight excluding hydrogens is 246 g/mol. The zero-order chi connectivity index (χ0) is 13.8. The Balaban J connectivity index is 2.39. The summed E-state index contributed by atoms with van der Waals surface area (Å²) in [6, 6.07) is 7.22. The van der Waals surface area contributed by atoms with E-state index in [2.05, 4.69) is 4.98 Å². The molecule has 0 amide bonds. The zero-order valence-electron chi connectivity index (χ0n) is 10.7. The molecule has 0 radical (unpaired) electrons. The van der Waals surface area contributed by atoms with Gasteiger partial charge in [-0.2, -0.15) is 0 Å². The van der Waals surface area contributed by atoms with Gasteiger partial charge in [0.2, 0.25) is 0 Å². The molecule has 2 atom stereocenters. The number of aromatic amines is 1. The third kappa shape index (κ3) is 1.66. The first kappa shape index (κ1) is 12.2. The monoisotopic (exact) mass is 261 g/mol. The van der Waals surface area contributed by atoms with Gasteiger partial charge in [0, 0.05) is 5.39 Å². The topological polar surface area (TPSA) is 82.6 Å². The molecule has 0 aliphatic carbocycles. The molecule has 0 saturated carbocycles. The fourth-order valence-electron chi connectivity index (χ4n) is 2.47. The predicted octanol–water partition coefficient (Wildman–Crippen LogP) is 1.09. The Morgan fingerprint density at radius 1 is 1.26 bits per heavy atom. The predicted molar refractivity (Wildman–Crippen MR) is 70.2 cm³/mol. The summed E-state index contributed by atoms with van der Waals surface area (Å²) in [5, 5.41) is 20.9. The number of aromatic nitrogens is 1. The summed E-state index contributed by atoms with van der Waals surface area (Å²) in [7, 11) is 0. The van der Waals surface area contributed by atoms with Gasteiger partial charge in [0.15, 0.2) is 0 Å². The Bertz CT molecular complexity index is 704. The summed E-state index contributed by atoms with van der Waals surface area (Å²) in [5.41, 5.74) is -0.657. The van der Waals surface area contributed by atoms with Crippen molar-refractivity contribution in [2.45, 2.75) is 31.7 Å². The molecule has 5 heteroatoms. The molecular formula is C14H15NO4. The molecule has 1 aromatic carbocycles. The first-order valence-corrected chi connectivity index (χ1v) is 6.12. The van der Waals surface area contributed by atoms with Gasteiger partial charge in [-0.3, -0.25) is 4.79 Å². The maximum atomic E-state index is 12.0. The summed E-state index contributed by atoms with van der Waals surface area (Å²) < 4.78 is 5.77. The van der Waals surface area contributed by atoms with Gasteiger partial charge in [-0.25, -0.2) is 0 Å². The summed E-state index contributed by atoms with van der Waals surface area (Å²) >= 11 is 0. The highest BCUT2D eigenvalue weighted by Crippen LogP contribution is 2.41. The lowest BCUT2D eigenvalue weighted by atomic mass is 9.88. The summed E-state index contributed by atoms with van der Waals surface area (Å²) in [5.74, 6) is 0.349. The van der Waals surface area contributed by atoms with Crippen molar-refractivity contribution < 1.29 is 14.9 Å². The number of H-pyrrole nitrogens is 1. The van der Waals surface area contributed by atoms with E-state index < -0.39 is 23.4 Å². The maximum Gasteiger partial charge on any atom is 0.258 e. The van der Waals surface area contributed by atoms with E-state index in [1.165, 1.54) is 0 Å². The van der Waals surface area contributed by atoms with Crippen LogP contribution in [0, 0.1) is 0 Å². The molecule has 19 heavy (non-hydrogen) atoms. The Hall–Kier alpha value is -1.85. The molecule has 0 spiro atoms. The van der Waals surface area contributed by atoms with Gasteiger partial charge in [0.1, 0.15) is 23.6 Å². The van der Waals surface area contributed by atoms with Crippen molar-refractivity contribution in [1.29, 1.82) is 0 Å².